The van der Waals surface area contributed by atoms with Crippen molar-refractivity contribution in [1.29, 1.82) is 0 Å². The van der Waals surface area contributed by atoms with Gasteiger partial charge in [-0.2, -0.15) is 0 Å². The van der Waals surface area contributed by atoms with Crippen molar-refractivity contribution in [3.63, 3.8) is 0 Å². The van der Waals surface area contributed by atoms with Crippen LogP contribution in [0.3, 0.4) is 0 Å². The van der Waals surface area contributed by atoms with Crippen LogP contribution in [-0.2, 0) is 4.84 Å². The van der Waals surface area contributed by atoms with Crippen LogP contribution >= 0.6 is 0 Å². The standard InChI is InChI=1S/C16H15NO2/c1-16(18)14(12-8-4-2-5-9-12)15(17-19-16)13-10-6-3-7-11-13/h2-11,14,18H,1H3/t14-,16-/m0/s1. The van der Waals surface area contributed by atoms with E-state index >= 15 is 0 Å². The van der Waals surface area contributed by atoms with Crippen LogP contribution in [0.2, 0.25) is 0 Å². The van der Waals surface area contributed by atoms with Crippen LogP contribution in [0.1, 0.15) is 24.0 Å². The molecule has 19 heavy (non-hydrogen) atoms. The number of nitrogens with zero attached hydrogens (tertiary/aromatic N) is 1. The van der Waals surface area contributed by atoms with Gasteiger partial charge in [-0.1, -0.05) is 65.8 Å². The summed E-state index contributed by atoms with van der Waals surface area (Å²) >= 11 is 0. The summed E-state index contributed by atoms with van der Waals surface area (Å²) in [6.45, 7) is 1.64. The highest BCUT2D eigenvalue weighted by atomic mass is 16.7. The highest BCUT2D eigenvalue weighted by molar-refractivity contribution is 6.06. The number of benzene rings is 2. The number of aliphatic hydroxyl groups is 1. The molecule has 2 aromatic rings. The zero-order valence-corrected chi connectivity index (χ0v) is 10.7. The zero-order chi connectivity index (χ0) is 13.3. The molecule has 1 N–H and O–H groups in total. The second kappa shape index (κ2) is 4.52. The van der Waals surface area contributed by atoms with Gasteiger partial charge in [0.1, 0.15) is 5.71 Å². The van der Waals surface area contributed by atoms with Crippen molar-refractivity contribution in [2.75, 3.05) is 0 Å². The molecule has 0 unspecified atom stereocenters. The van der Waals surface area contributed by atoms with Gasteiger partial charge < -0.3 is 9.94 Å². The Morgan fingerprint density at radius 1 is 1.00 bits per heavy atom. The minimum Gasteiger partial charge on any atom is -0.359 e. The number of rotatable bonds is 2. The second-order valence-corrected chi connectivity index (χ2v) is 4.83. The lowest BCUT2D eigenvalue weighted by Gasteiger charge is -2.24. The van der Waals surface area contributed by atoms with E-state index in [4.69, 9.17) is 4.84 Å². The molecule has 0 radical (unpaired) electrons. The Morgan fingerprint density at radius 3 is 2.21 bits per heavy atom. The van der Waals surface area contributed by atoms with Gasteiger partial charge >= 0.3 is 0 Å². The number of hydrogen-bond donors (Lipinski definition) is 1. The Morgan fingerprint density at radius 2 is 1.58 bits per heavy atom. The molecule has 1 heterocycles. The third-order valence-electron chi connectivity index (χ3n) is 3.34. The predicted molar refractivity (Wildman–Crippen MR) is 73.9 cm³/mol. The minimum absolute atomic E-state index is 0.281. The van der Waals surface area contributed by atoms with Gasteiger partial charge in [0, 0.05) is 12.5 Å². The molecule has 0 saturated carbocycles. The van der Waals surface area contributed by atoms with Gasteiger partial charge in [-0.05, 0) is 5.56 Å². The molecule has 1 aliphatic heterocycles. The first-order valence-electron chi connectivity index (χ1n) is 6.27. The van der Waals surface area contributed by atoms with Crippen LogP contribution in [0.4, 0.5) is 0 Å². The maximum Gasteiger partial charge on any atom is 0.244 e. The topological polar surface area (TPSA) is 41.8 Å². The summed E-state index contributed by atoms with van der Waals surface area (Å²) in [7, 11) is 0. The van der Waals surface area contributed by atoms with E-state index in [0.29, 0.717) is 0 Å². The Labute approximate surface area is 112 Å². The average Bonchev–Trinajstić information content (AvgIpc) is 2.76. The van der Waals surface area contributed by atoms with Crippen LogP contribution < -0.4 is 0 Å². The molecular weight excluding hydrogens is 238 g/mol. The van der Waals surface area contributed by atoms with Crippen LogP contribution in [0.5, 0.6) is 0 Å². The summed E-state index contributed by atoms with van der Waals surface area (Å²) in [5.41, 5.74) is 2.72. The fourth-order valence-corrected chi connectivity index (χ4v) is 2.44. The predicted octanol–water partition coefficient (Wildman–Crippen LogP) is 2.91. The summed E-state index contributed by atoms with van der Waals surface area (Å²) in [5, 5.41) is 14.5. The molecule has 96 valence electrons. The number of oxime groups is 1. The van der Waals surface area contributed by atoms with Gasteiger partial charge in [-0.25, -0.2) is 0 Å². The molecule has 3 heteroatoms. The lowest BCUT2D eigenvalue weighted by atomic mass is 9.85. The van der Waals surface area contributed by atoms with Crippen LogP contribution in [0, 0.1) is 0 Å². The van der Waals surface area contributed by atoms with Gasteiger partial charge in [-0.15, -0.1) is 0 Å². The highest BCUT2D eigenvalue weighted by Crippen LogP contribution is 2.38. The Hall–Kier alpha value is -2.13. The van der Waals surface area contributed by atoms with Crippen molar-refractivity contribution in [1.82, 2.24) is 0 Å². The third-order valence-corrected chi connectivity index (χ3v) is 3.34. The number of hydrogen-bond acceptors (Lipinski definition) is 3. The van der Waals surface area contributed by atoms with Gasteiger partial charge in [-0.3, -0.25) is 0 Å². The minimum atomic E-state index is -1.31. The SMILES string of the molecule is C[C@]1(O)ON=C(c2ccccc2)[C@@H]1c1ccccc1. The molecule has 2 atom stereocenters. The summed E-state index contributed by atoms with van der Waals surface area (Å²) in [4.78, 5) is 5.22. The maximum absolute atomic E-state index is 10.4. The van der Waals surface area contributed by atoms with Gasteiger partial charge in [0.25, 0.3) is 0 Å². The van der Waals surface area contributed by atoms with Crippen molar-refractivity contribution < 1.29 is 9.94 Å². The van der Waals surface area contributed by atoms with Crippen LogP contribution in [-0.4, -0.2) is 16.6 Å². The van der Waals surface area contributed by atoms with Crippen LogP contribution in [0.25, 0.3) is 0 Å². The lowest BCUT2D eigenvalue weighted by molar-refractivity contribution is -0.179. The first kappa shape index (κ1) is 11.9. The van der Waals surface area contributed by atoms with E-state index in [1.165, 1.54) is 0 Å². The summed E-state index contributed by atoms with van der Waals surface area (Å²) in [6, 6.07) is 19.6. The van der Waals surface area contributed by atoms with Gasteiger partial charge in [0.05, 0.1) is 5.92 Å². The lowest BCUT2D eigenvalue weighted by Crippen LogP contribution is -2.33. The first-order valence-corrected chi connectivity index (χ1v) is 6.27. The van der Waals surface area contributed by atoms with E-state index in [9.17, 15) is 5.11 Å². The maximum atomic E-state index is 10.4. The molecular formula is C16H15NO2. The van der Waals surface area contributed by atoms with Gasteiger partial charge in [0.2, 0.25) is 5.79 Å². The zero-order valence-electron chi connectivity index (χ0n) is 10.7. The van der Waals surface area contributed by atoms with Crippen molar-refractivity contribution in [3.8, 4) is 0 Å². The average molecular weight is 253 g/mol. The fraction of sp³-hybridized carbons (Fsp3) is 0.188. The summed E-state index contributed by atoms with van der Waals surface area (Å²) in [5.74, 6) is -1.59. The highest BCUT2D eigenvalue weighted by Gasteiger charge is 2.44. The molecule has 1 aliphatic rings. The molecule has 0 aromatic heterocycles. The third kappa shape index (κ3) is 2.13. The molecule has 0 spiro atoms. The first-order chi connectivity index (χ1) is 9.18. The molecule has 0 fully saturated rings. The summed E-state index contributed by atoms with van der Waals surface area (Å²) in [6.07, 6.45) is 0. The van der Waals surface area contributed by atoms with E-state index in [2.05, 4.69) is 5.16 Å². The largest absolute Gasteiger partial charge is 0.359 e. The van der Waals surface area contributed by atoms with Crippen LogP contribution in [0.15, 0.2) is 65.8 Å². The Kier molecular flexibility index (Phi) is 2.84. The Balaban J connectivity index is 2.06. The van der Waals surface area contributed by atoms with Crippen molar-refractivity contribution in [2.45, 2.75) is 18.6 Å². The molecule has 0 amide bonds. The molecule has 3 rings (SSSR count). The molecule has 0 aliphatic carbocycles. The van der Waals surface area contributed by atoms with E-state index < -0.39 is 5.79 Å². The fourth-order valence-electron chi connectivity index (χ4n) is 2.44. The van der Waals surface area contributed by atoms with E-state index in [0.717, 1.165) is 16.8 Å². The van der Waals surface area contributed by atoms with E-state index in [-0.39, 0.29) is 5.92 Å². The quantitative estimate of drug-likeness (QED) is 0.894. The van der Waals surface area contributed by atoms with E-state index in [1.54, 1.807) is 6.92 Å². The molecule has 0 saturated heterocycles. The van der Waals surface area contributed by atoms with Gasteiger partial charge in [0.15, 0.2) is 0 Å². The molecule has 2 aromatic carbocycles. The van der Waals surface area contributed by atoms with Crippen molar-refractivity contribution in [3.05, 3.63) is 71.8 Å². The molecule has 0 bridgehead atoms. The Bertz CT molecular complexity index is 591. The smallest absolute Gasteiger partial charge is 0.244 e. The summed E-state index contributed by atoms with van der Waals surface area (Å²) < 4.78 is 0. The van der Waals surface area contributed by atoms with E-state index in [1.807, 2.05) is 60.7 Å². The normalized spacial score (nSPS) is 25.8. The molecule has 3 nitrogen and oxygen atoms in total. The second-order valence-electron chi connectivity index (χ2n) is 4.83. The van der Waals surface area contributed by atoms with Crippen molar-refractivity contribution in [2.24, 2.45) is 5.16 Å². The van der Waals surface area contributed by atoms with Crippen molar-refractivity contribution >= 4 is 5.71 Å². The monoisotopic (exact) mass is 253 g/mol.